The molecule has 1 fully saturated rings. The van der Waals surface area contributed by atoms with Crippen molar-refractivity contribution < 1.29 is 14.7 Å². The van der Waals surface area contributed by atoms with Gasteiger partial charge in [-0.05, 0) is 34.5 Å². The van der Waals surface area contributed by atoms with Crippen molar-refractivity contribution in [2.45, 2.75) is 6.92 Å². The summed E-state index contributed by atoms with van der Waals surface area (Å²) >= 11 is 3.38. The van der Waals surface area contributed by atoms with Gasteiger partial charge in [0.25, 0.3) is 5.91 Å². The maximum Gasteiger partial charge on any atom is 0.310 e. The molecule has 1 N–H and O–H groups in total. The molecule has 0 aromatic heterocycles. The summed E-state index contributed by atoms with van der Waals surface area (Å²) in [6, 6.07) is 5.48. The van der Waals surface area contributed by atoms with Crippen molar-refractivity contribution in [3.05, 3.63) is 33.8 Å². The van der Waals surface area contributed by atoms with Crippen LogP contribution in [-0.4, -0.2) is 35.0 Å². The molecule has 1 amide bonds. The molecule has 0 saturated carbocycles. The van der Waals surface area contributed by atoms with E-state index >= 15 is 0 Å². The SMILES string of the molecule is Cc1cccc(C(=O)N2CC(C(=O)O)C2)c1Br. The number of carbonyl (C=O) groups is 2. The third kappa shape index (κ3) is 2.20. The lowest BCUT2D eigenvalue weighted by Crippen LogP contribution is -2.53. The minimum atomic E-state index is -0.836. The first-order chi connectivity index (χ1) is 8.00. The topological polar surface area (TPSA) is 57.6 Å². The van der Waals surface area contributed by atoms with Crippen molar-refractivity contribution >= 4 is 27.8 Å². The number of likely N-dealkylation sites (tertiary alicyclic amines) is 1. The molecule has 0 spiro atoms. The Morgan fingerprint density at radius 3 is 2.65 bits per heavy atom. The number of halogens is 1. The molecular formula is C12H12BrNO3. The second-order valence-electron chi connectivity index (χ2n) is 4.18. The third-order valence-electron chi connectivity index (χ3n) is 2.94. The number of hydrogen-bond donors (Lipinski definition) is 1. The Kier molecular flexibility index (Phi) is 3.19. The Bertz CT molecular complexity index is 481. The van der Waals surface area contributed by atoms with Crippen LogP contribution in [0.5, 0.6) is 0 Å². The summed E-state index contributed by atoms with van der Waals surface area (Å²) in [7, 11) is 0. The van der Waals surface area contributed by atoms with Crippen molar-refractivity contribution in [3.63, 3.8) is 0 Å². The van der Waals surface area contributed by atoms with Gasteiger partial charge >= 0.3 is 5.97 Å². The summed E-state index contributed by atoms with van der Waals surface area (Å²) < 4.78 is 0.781. The first kappa shape index (κ1) is 12.1. The maximum absolute atomic E-state index is 12.1. The molecule has 1 aliphatic heterocycles. The first-order valence-electron chi connectivity index (χ1n) is 5.28. The zero-order valence-corrected chi connectivity index (χ0v) is 10.9. The van der Waals surface area contributed by atoms with Gasteiger partial charge in [-0.2, -0.15) is 0 Å². The number of carbonyl (C=O) groups excluding carboxylic acids is 1. The van der Waals surface area contributed by atoms with E-state index in [1.54, 1.807) is 11.0 Å². The highest BCUT2D eigenvalue weighted by Gasteiger charge is 2.36. The lowest BCUT2D eigenvalue weighted by molar-refractivity contribution is -0.146. The molecule has 4 nitrogen and oxygen atoms in total. The Labute approximate surface area is 107 Å². The maximum atomic E-state index is 12.1. The number of amides is 1. The zero-order chi connectivity index (χ0) is 12.6. The molecule has 1 aliphatic rings. The lowest BCUT2D eigenvalue weighted by Gasteiger charge is -2.36. The van der Waals surface area contributed by atoms with Crippen LogP contribution < -0.4 is 0 Å². The van der Waals surface area contributed by atoms with Crippen LogP contribution in [0.2, 0.25) is 0 Å². The molecule has 5 heteroatoms. The van der Waals surface area contributed by atoms with Crippen LogP contribution in [0.1, 0.15) is 15.9 Å². The molecule has 90 valence electrons. The highest BCUT2D eigenvalue weighted by molar-refractivity contribution is 9.10. The number of hydrogen-bond acceptors (Lipinski definition) is 2. The third-order valence-corrected chi connectivity index (χ3v) is 3.99. The Balaban J connectivity index is 2.12. The molecule has 0 radical (unpaired) electrons. The van der Waals surface area contributed by atoms with E-state index in [9.17, 15) is 9.59 Å². The second-order valence-corrected chi connectivity index (χ2v) is 4.97. The van der Waals surface area contributed by atoms with Crippen molar-refractivity contribution in [1.29, 1.82) is 0 Å². The number of aliphatic carboxylic acids is 1. The minimum Gasteiger partial charge on any atom is -0.481 e. The quantitative estimate of drug-likeness (QED) is 0.907. The second kappa shape index (κ2) is 4.49. The molecule has 2 rings (SSSR count). The Morgan fingerprint density at radius 2 is 2.06 bits per heavy atom. The van der Waals surface area contributed by atoms with Crippen LogP contribution >= 0.6 is 15.9 Å². The van der Waals surface area contributed by atoms with Crippen molar-refractivity contribution in [2.75, 3.05) is 13.1 Å². The number of carboxylic acids is 1. The van der Waals surface area contributed by atoms with Gasteiger partial charge in [0.05, 0.1) is 11.5 Å². The predicted octanol–water partition coefficient (Wildman–Crippen LogP) is 1.91. The van der Waals surface area contributed by atoms with Crippen molar-refractivity contribution in [3.8, 4) is 0 Å². The van der Waals surface area contributed by atoms with E-state index in [1.807, 2.05) is 19.1 Å². The molecule has 1 aromatic rings. The minimum absolute atomic E-state index is 0.113. The van der Waals surface area contributed by atoms with Crippen LogP contribution in [0.15, 0.2) is 22.7 Å². The highest BCUT2D eigenvalue weighted by atomic mass is 79.9. The van der Waals surface area contributed by atoms with Gasteiger partial charge in [-0.1, -0.05) is 12.1 Å². The van der Waals surface area contributed by atoms with Gasteiger partial charge in [-0.3, -0.25) is 9.59 Å². The van der Waals surface area contributed by atoms with Gasteiger partial charge in [0.1, 0.15) is 0 Å². The largest absolute Gasteiger partial charge is 0.481 e. The van der Waals surface area contributed by atoms with Crippen LogP contribution in [0.3, 0.4) is 0 Å². The van der Waals surface area contributed by atoms with Gasteiger partial charge in [-0.15, -0.1) is 0 Å². The predicted molar refractivity (Wildman–Crippen MR) is 65.9 cm³/mol. The van der Waals surface area contributed by atoms with Gasteiger partial charge in [0, 0.05) is 17.6 Å². The summed E-state index contributed by atoms with van der Waals surface area (Å²) in [5.74, 6) is -1.36. The van der Waals surface area contributed by atoms with Crippen LogP contribution in [0, 0.1) is 12.8 Å². The normalized spacial score (nSPS) is 15.5. The number of benzene rings is 1. The molecule has 0 unspecified atom stereocenters. The number of rotatable bonds is 2. The molecule has 17 heavy (non-hydrogen) atoms. The summed E-state index contributed by atoms with van der Waals surface area (Å²) in [6.45, 7) is 2.51. The molecule has 0 atom stereocenters. The fourth-order valence-corrected chi connectivity index (χ4v) is 2.22. The Morgan fingerprint density at radius 1 is 1.41 bits per heavy atom. The molecule has 1 saturated heterocycles. The summed E-state index contributed by atoms with van der Waals surface area (Å²) in [5.41, 5.74) is 1.58. The molecule has 1 aromatic carbocycles. The van der Waals surface area contributed by atoms with E-state index in [1.165, 1.54) is 0 Å². The molecule has 0 bridgehead atoms. The van der Waals surface area contributed by atoms with E-state index in [0.29, 0.717) is 18.7 Å². The Hall–Kier alpha value is -1.36. The van der Waals surface area contributed by atoms with Crippen LogP contribution in [0.4, 0.5) is 0 Å². The van der Waals surface area contributed by atoms with E-state index in [0.717, 1.165) is 10.0 Å². The number of carboxylic acid groups (broad SMARTS) is 1. The van der Waals surface area contributed by atoms with E-state index in [-0.39, 0.29) is 5.91 Å². The summed E-state index contributed by atoms with van der Waals surface area (Å²) in [5, 5.41) is 8.75. The van der Waals surface area contributed by atoms with E-state index < -0.39 is 11.9 Å². The summed E-state index contributed by atoms with van der Waals surface area (Å²) in [6.07, 6.45) is 0. The van der Waals surface area contributed by atoms with Gasteiger partial charge < -0.3 is 10.0 Å². The monoisotopic (exact) mass is 297 g/mol. The fraction of sp³-hybridized carbons (Fsp3) is 0.333. The standard InChI is InChI=1S/C12H12BrNO3/c1-7-3-2-4-9(10(7)13)11(15)14-5-8(6-14)12(16)17/h2-4,8H,5-6H2,1H3,(H,16,17). The van der Waals surface area contributed by atoms with Crippen LogP contribution in [-0.2, 0) is 4.79 Å². The van der Waals surface area contributed by atoms with E-state index in [2.05, 4.69) is 15.9 Å². The molecular weight excluding hydrogens is 286 g/mol. The van der Waals surface area contributed by atoms with Gasteiger partial charge in [0.15, 0.2) is 0 Å². The van der Waals surface area contributed by atoms with Crippen molar-refractivity contribution in [2.24, 2.45) is 5.92 Å². The average molecular weight is 298 g/mol. The molecule has 0 aliphatic carbocycles. The lowest BCUT2D eigenvalue weighted by atomic mass is 9.99. The smallest absolute Gasteiger partial charge is 0.310 e. The van der Waals surface area contributed by atoms with Crippen LogP contribution in [0.25, 0.3) is 0 Å². The van der Waals surface area contributed by atoms with Crippen molar-refractivity contribution in [1.82, 2.24) is 4.90 Å². The number of aryl methyl sites for hydroxylation is 1. The molecule has 1 heterocycles. The first-order valence-corrected chi connectivity index (χ1v) is 6.07. The van der Waals surface area contributed by atoms with Gasteiger partial charge in [-0.25, -0.2) is 0 Å². The van der Waals surface area contributed by atoms with Gasteiger partial charge in [0.2, 0.25) is 0 Å². The highest BCUT2D eigenvalue weighted by Crippen LogP contribution is 2.25. The fourth-order valence-electron chi connectivity index (χ4n) is 1.78. The average Bonchev–Trinajstić information content (AvgIpc) is 2.19. The number of nitrogens with zero attached hydrogens (tertiary/aromatic N) is 1. The van der Waals surface area contributed by atoms with E-state index in [4.69, 9.17) is 5.11 Å². The summed E-state index contributed by atoms with van der Waals surface area (Å²) in [4.78, 5) is 24.3. The zero-order valence-electron chi connectivity index (χ0n) is 9.31.